The normalized spacial score (nSPS) is 23.6. The zero-order chi connectivity index (χ0) is 23.7. The Labute approximate surface area is 201 Å². The molecule has 0 bridgehead atoms. The fourth-order valence-corrected chi connectivity index (χ4v) is 5.67. The Morgan fingerprint density at radius 2 is 2.03 bits per heavy atom. The number of hydrogen-bond donors (Lipinski definition) is 2. The first-order chi connectivity index (χ1) is 16.4. The van der Waals surface area contributed by atoms with Gasteiger partial charge >= 0.3 is 0 Å². The number of para-hydroxylation sites is 2. The largest absolute Gasteiger partial charge is 0.467 e. The van der Waals surface area contributed by atoms with Crippen LogP contribution in [0.5, 0.6) is 0 Å². The van der Waals surface area contributed by atoms with Gasteiger partial charge in [0, 0.05) is 17.7 Å². The number of hydrogen-bond acceptors (Lipinski definition) is 5. The molecule has 1 amide bonds. The van der Waals surface area contributed by atoms with Crippen LogP contribution >= 0.6 is 0 Å². The minimum atomic E-state index is -0.144. The first kappa shape index (κ1) is 22.5. The number of nitrogens with one attached hydrogen (secondary N) is 2. The maximum absolute atomic E-state index is 13.7. The molecule has 0 fully saturated rings. The topological polar surface area (TPSA) is 74.6 Å². The minimum Gasteiger partial charge on any atom is -0.467 e. The number of fused-ring (bicyclic) bond motifs is 1. The van der Waals surface area contributed by atoms with Gasteiger partial charge in [0.25, 0.3) is 0 Å². The van der Waals surface area contributed by atoms with Gasteiger partial charge in [0.2, 0.25) is 5.91 Å². The predicted molar refractivity (Wildman–Crippen MR) is 133 cm³/mol. The minimum absolute atomic E-state index is 0.0878. The third-order valence-electron chi connectivity index (χ3n) is 7.16. The summed E-state index contributed by atoms with van der Waals surface area (Å²) in [4.78, 5) is 29.0. The van der Waals surface area contributed by atoms with Gasteiger partial charge in [-0.25, -0.2) is 0 Å². The molecule has 2 aromatic rings. The third-order valence-corrected chi connectivity index (χ3v) is 7.16. The van der Waals surface area contributed by atoms with Crippen LogP contribution in [0.3, 0.4) is 0 Å². The molecule has 1 aromatic heterocycles. The van der Waals surface area contributed by atoms with E-state index in [4.69, 9.17) is 4.42 Å². The van der Waals surface area contributed by atoms with Gasteiger partial charge in [-0.05, 0) is 61.3 Å². The molecule has 5 rings (SSSR count). The Hall–Kier alpha value is -3.28. The first-order valence-corrected chi connectivity index (χ1v) is 12.2. The summed E-state index contributed by atoms with van der Waals surface area (Å²) in [5.74, 6) is 1.10. The molecule has 1 aromatic carbocycles. The number of furan rings is 1. The van der Waals surface area contributed by atoms with Gasteiger partial charge in [-0.1, -0.05) is 38.1 Å². The molecule has 2 atom stereocenters. The number of anilines is 2. The number of amides is 1. The van der Waals surface area contributed by atoms with Crippen molar-refractivity contribution in [1.82, 2.24) is 5.32 Å². The van der Waals surface area contributed by atoms with Crippen LogP contribution in [0.15, 0.2) is 70.5 Å². The smallest absolute Gasteiger partial charge is 0.239 e. The summed E-state index contributed by atoms with van der Waals surface area (Å²) < 4.78 is 5.37. The van der Waals surface area contributed by atoms with Crippen LogP contribution in [-0.4, -0.2) is 24.3 Å². The monoisotopic (exact) mass is 459 g/mol. The molecule has 6 nitrogen and oxygen atoms in total. The molecular formula is C28H33N3O3. The third kappa shape index (κ3) is 4.54. The van der Waals surface area contributed by atoms with E-state index in [1.165, 1.54) is 0 Å². The van der Waals surface area contributed by atoms with E-state index in [0.717, 1.165) is 54.1 Å². The summed E-state index contributed by atoms with van der Waals surface area (Å²) in [6.07, 6.45) is 10.3. The maximum atomic E-state index is 13.7. The fraction of sp³-hybridized carbons (Fsp3) is 0.429. The van der Waals surface area contributed by atoms with E-state index in [2.05, 4.69) is 47.6 Å². The first-order valence-electron chi connectivity index (χ1n) is 12.2. The van der Waals surface area contributed by atoms with Gasteiger partial charge < -0.3 is 20.0 Å². The summed E-state index contributed by atoms with van der Waals surface area (Å²) in [7, 11) is 0. The molecule has 0 spiro atoms. The lowest BCUT2D eigenvalue weighted by Gasteiger charge is -2.41. The molecule has 0 saturated carbocycles. The van der Waals surface area contributed by atoms with E-state index < -0.39 is 0 Å². The second kappa shape index (κ2) is 9.16. The zero-order valence-corrected chi connectivity index (χ0v) is 20.0. The average molecular weight is 460 g/mol. The predicted octanol–water partition coefficient (Wildman–Crippen LogP) is 5.20. The number of ketones is 1. The molecular weight excluding hydrogens is 426 g/mol. The molecule has 0 unspecified atom stereocenters. The van der Waals surface area contributed by atoms with E-state index >= 15 is 0 Å². The van der Waals surface area contributed by atoms with E-state index in [0.29, 0.717) is 13.0 Å². The van der Waals surface area contributed by atoms with E-state index in [-0.39, 0.29) is 35.6 Å². The second-order valence-electron chi connectivity index (χ2n) is 10.4. The molecule has 178 valence electrons. The van der Waals surface area contributed by atoms with Gasteiger partial charge in [-0.2, -0.15) is 0 Å². The van der Waals surface area contributed by atoms with Crippen LogP contribution in [0.4, 0.5) is 11.4 Å². The van der Waals surface area contributed by atoms with Crippen molar-refractivity contribution in [3.63, 3.8) is 0 Å². The molecule has 34 heavy (non-hydrogen) atoms. The van der Waals surface area contributed by atoms with Crippen molar-refractivity contribution in [2.45, 2.75) is 58.5 Å². The van der Waals surface area contributed by atoms with Crippen molar-refractivity contribution in [3.8, 4) is 0 Å². The van der Waals surface area contributed by atoms with Crippen molar-refractivity contribution < 1.29 is 14.0 Å². The van der Waals surface area contributed by atoms with E-state index in [1.54, 1.807) is 6.26 Å². The van der Waals surface area contributed by atoms with E-state index in [9.17, 15) is 9.59 Å². The lowest BCUT2D eigenvalue weighted by Crippen LogP contribution is -2.49. The Bertz CT molecular complexity index is 1130. The van der Waals surface area contributed by atoms with Gasteiger partial charge in [0.05, 0.1) is 36.8 Å². The summed E-state index contributed by atoms with van der Waals surface area (Å²) in [5, 5.41) is 6.62. The van der Waals surface area contributed by atoms with Crippen molar-refractivity contribution in [2.24, 2.45) is 11.3 Å². The fourth-order valence-electron chi connectivity index (χ4n) is 5.67. The van der Waals surface area contributed by atoms with Gasteiger partial charge in [0.1, 0.15) is 5.76 Å². The summed E-state index contributed by atoms with van der Waals surface area (Å²) in [5.41, 5.74) is 3.72. The maximum Gasteiger partial charge on any atom is 0.239 e. The zero-order valence-electron chi connectivity index (χ0n) is 20.0. The van der Waals surface area contributed by atoms with Crippen molar-refractivity contribution in [2.75, 3.05) is 16.8 Å². The van der Waals surface area contributed by atoms with Crippen molar-refractivity contribution in [3.05, 3.63) is 71.8 Å². The Morgan fingerprint density at radius 3 is 2.79 bits per heavy atom. The van der Waals surface area contributed by atoms with Gasteiger partial charge in [-0.15, -0.1) is 0 Å². The number of benzene rings is 1. The molecule has 6 heteroatoms. The Balaban J connectivity index is 1.55. The van der Waals surface area contributed by atoms with Crippen molar-refractivity contribution in [1.29, 1.82) is 0 Å². The lowest BCUT2D eigenvalue weighted by molar-refractivity contribution is -0.121. The standard InChI is InChI=1S/C28H33N3O3/c1-28(2)15-22-26(24(32)16-28)27(19-9-4-3-5-10-19)31(23-13-7-6-12-21(23)30-22)18-25(33)29-17-20-11-8-14-34-20/h3-4,6-8,11-14,19,27,30H,5,9-10,15-18H2,1-2H3,(H,29,33)/t19-,27-/m1/s1. The van der Waals surface area contributed by atoms with Crippen LogP contribution in [0, 0.1) is 11.3 Å². The number of nitrogens with zero attached hydrogens (tertiary/aromatic N) is 1. The highest BCUT2D eigenvalue weighted by Gasteiger charge is 2.43. The number of Topliss-reactive ketones (excluding diaryl/α,β-unsaturated/α-hetero) is 1. The van der Waals surface area contributed by atoms with Crippen LogP contribution in [0.25, 0.3) is 0 Å². The molecule has 0 saturated heterocycles. The summed E-state index contributed by atoms with van der Waals surface area (Å²) in [6.45, 7) is 4.84. The SMILES string of the molecule is CC1(C)CC(=O)C2=C(C1)Nc1ccccc1N(CC(=O)NCc1ccco1)[C@@H]2[C@@H]1CC=CCC1. The van der Waals surface area contributed by atoms with Crippen LogP contribution < -0.4 is 15.5 Å². The average Bonchev–Trinajstić information content (AvgIpc) is 3.29. The van der Waals surface area contributed by atoms with Gasteiger partial charge in [0.15, 0.2) is 5.78 Å². The summed E-state index contributed by atoms with van der Waals surface area (Å²) in [6, 6.07) is 11.6. The Kier molecular flexibility index (Phi) is 6.07. The molecule has 2 heterocycles. The Morgan fingerprint density at radius 1 is 1.18 bits per heavy atom. The summed E-state index contributed by atoms with van der Waals surface area (Å²) >= 11 is 0. The number of carbonyl (C=O) groups is 2. The molecule has 0 radical (unpaired) electrons. The quantitative estimate of drug-likeness (QED) is 0.602. The molecule has 2 N–H and O–H groups in total. The lowest BCUT2D eigenvalue weighted by atomic mass is 9.71. The van der Waals surface area contributed by atoms with Crippen LogP contribution in [0.1, 0.15) is 51.7 Å². The van der Waals surface area contributed by atoms with E-state index in [1.807, 2.05) is 30.3 Å². The number of carbonyl (C=O) groups excluding carboxylic acids is 2. The second-order valence-corrected chi connectivity index (χ2v) is 10.4. The highest BCUT2D eigenvalue weighted by atomic mass is 16.3. The number of allylic oxidation sites excluding steroid dienone is 3. The number of rotatable bonds is 5. The van der Waals surface area contributed by atoms with Crippen LogP contribution in [0.2, 0.25) is 0 Å². The molecule has 2 aliphatic carbocycles. The van der Waals surface area contributed by atoms with Gasteiger partial charge in [-0.3, -0.25) is 9.59 Å². The van der Waals surface area contributed by atoms with Crippen LogP contribution in [-0.2, 0) is 16.1 Å². The highest BCUT2D eigenvalue weighted by molar-refractivity contribution is 6.01. The highest BCUT2D eigenvalue weighted by Crippen LogP contribution is 2.46. The molecule has 3 aliphatic rings. The molecule has 1 aliphatic heterocycles. The van der Waals surface area contributed by atoms with Crippen molar-refractivity contribution >= 4 is 23.1 Å².